The van der Waals surface area contributed by atoms with Crippen molar-refractivity contribution in [2.24, 2.45) is 5.92 Å². The third kappa shape index (κ3) is 2.71. The summed E-state index contributed by atoms with van der Waals surface area (Å²) in [6, 6.07) is 4.19. The molecule has 2 rings (SSSR count). The normalized spacial score (nSPS) is 20.3. The smallest absolute Gasteiger partial charge is 0.0397 e. The van der Waals surface area contributed by atoms with Gasteiger partial charge in [0.25, 0.3) is 0 Å². The fourth-order valence-corrected chi connectivity index (χ4v) is 2.70. The topological polar surface area (TPSA) is 16.1 Å². The third-order valence-electron chi connectivity index (χ3n) is 3.22. The van der Waals surface area contributed by atoms with Crippen LogP contribution in [0.4, 0.5) is 5.69 Å². The molecule has 0 amide bonds. The highest BCUT2D eigenvalue weighted by Crippen LogP contribution is 2.27. The number of aromatic nitrogens is 1. The van der Waals surface area contributed by atoms with Crippen molar-refractivity contribution < 1.29 is 0 Å². The van der Waals surface area contributed by atoms with Gasteiger partial charge in [-0.3, -0.25) is 4.98 Å². The first-order chi connectivity index (χ1) is 7.27. The first kappa shape index (κ1) is 10.9. The molecule has 1 saturated heterocycles. The second-order valence-corrected chi connectivity index (χ2v) is 5.65. The van der Waals surface area contributed by atoms with Gasteiger partial charge in [0.15, 0.2) is 0 Å². The number of piperidine rings is 1. The lowest BCUT2D eigenvalue weighted by atomic mass is 9.94. The van der Waals surface area contributed by atoms with Gasteiger partial charge in [-0.1, -0.05) is 22.9 Å². The minimum absolute atomic E-state index is 0.650. The maximum atomic E-state index is 4.05. The largest absolute Gasteiger partial charge is 0.371 e. The Morgan fingerprint density at radius 1 is 1.33 bits per heavy atom. The van der Waals surface area contributed by atoms with E-state index in [4.69, 9.17) is 0 Å². The predicted octanol–water partition coefficient (Wildman–Crippen LogP) is 3.08. The predicted molar refractivity (Wildman–Crippen MR) is 67.6 cm³/mol. The van der Waals surface area contributed by atoms with E-state index in [1.165, 1.54) is 31.6 Å². The van der Waals surface area contributed by atoms with Crippen LogP contribution in [0.15, 0.2) is 24.5 Å². The minimum atomic E-state index is 0.650. The molecule has 1 unspecified atom stereocenters. The molecule has 15 heavy (non-hydrogen) atoms. The van der Waals surface area contributed by atoms with E-state index in [1.54, 1.807) is 0 Å². The second-order valence-electron chi connectivity index (χ2n) is 4.21. The van der Waals surface area contributed by atoms with E-state index in [0.29, 0.717) is 4.83 Å². The van der Waals surface area contributed by atoms with E-state index in [0.717, 1.165) is 5.92 Å². The molecule has 1 aromatic rings. The molecule has 1 aliphatic rings. The van der Waals surface area contributed by atoms with Crippen LogP contribution < -0.4 is 4.90 Å². The van der Waals surface area contributed by atoms with E-state index in [9.17, 15) is 0 Å². The Morgan fingerprint density at radius 3 is 2.47 bits per heavy atom. The highest BCUT2D eigenvalue weighted by molar-refractivity contribution is 9.09. The molecule has 0 spiro atoms. The lowest BCUT2D eigenvalue weighted by molar-refractivity contribution is 0.407. The third-order valence-corrected chi connectivity index (χ3v) is 3.96. The lowest BCUT2D eigenvalue weighted by Gasteiger charge is -2.34. The van der Waals surface area contributed by atoms with Gasteiger partial charge in [-0.15, -0.1) is 0 Å². The summed E-state index contributed by atoms with van der Waals surface area (Å²) in [5.74, 6) is 0.836. The van der Waals surface area contributed by atoms with Crippen molar-refractivity contribution in [3.63, 3.8) is 0 Å². The van der Waals surface area contributed by atoms with Gasteiger partial charge in [0.1, 0.15) is 0 Å². The molecule has 0 radical (unpaired) electrons. The van der Waals surface area contributed by atoms with Gasteiger partial charge in [-0.25, -0.2) is 0 Å². The summed E-state index contributed by atoms with van der Waals surface area (Å²) in [6.45, 7) is 4.60. The van der Waals surface area contributed by atoms with Crippen molar-refractivity contribution in [3.8, 4) is 0 Å². The maximum absolute atomic E-state index is 4.05. The van der Waals surface area contributed by atoms with Crippen molar-refractivity contribution in [1.82, 2.24) is 4.98 Å². The van der Waals surface area contributed by atoms with Crippen molar-refractivity contribution in [3.05, 3.63) is 24.5 Å². The Morgan fingerprint density at radius 2 is 1.93 bits per heavy atom. The van der Waals surface area contributed by atoms with Crippen molar-refractivity contribution >= 4 is 21.6 Å². The van der Waals surface area contributed by atoms with Crippen LogP contribution in [-0.2, 0) is 0 Å². The highest BCUT2D eigenvalue weighted by atomic mass is 79.9. The van der Waals surface area contributed by atoms with Gasteiger partial charge in [0.2, 0.25) is 0 Å². The molecule has 3 heteroatoms. The zero-order valence-electron chi connectivity index (χ0n) is 9.06. The SMILES string of the molecule is CC(Br)C1CCN(c2ccncc2)CC1. The molecule has 82 valence electrons. The van der Waals surface area contributed by atoms with Gasteiger partial charge >= 0.3 is 0 Å². The van der Waals surface area contributed by atoms with Crippen LogP contribution in [0.25, 0.3) is 0 Å². The number of halogens is 1. The highest BCUT2D eigenvalue weighted by Gasteiger charge is 2.22. The summed E-state index contributed by atoms with van der Waals surface area (Å²) in [5, 5.41) is 0. The fraction of sp³-hybridized carbons (Fsp3) is 0.583. The average Bonchev–Trinajstić information content (AvgIpc) is 2.30. The molecule has 1 atom stereocenters. The summed E-state index contributed by atoms with van der Waals surface area (Å²) in [5.41, 5.74) is 1.31. The standard InChI is InChI=1S/C12H17BrN2/c1-10(13)11-4-8-15(9-5-11)12-2-6-14-7-3-12/h2-3,6-7,10-11H,4-5,8-9H2,1H3. The minimum Gasteiger partial charge on any atom is -0.371 e. The van der Waals surface area contributed by atoms with Gasteiger partial charge < -0.3 is 4.90 Å². The number of pyridine rings is 1. The van der Waals surface area contributed by atoms with Crippen molar-refractivity contribution in [1.29, 1.82) is 0 Å². The van der Waals surface area contributed by atoms with Crippen LogP contribution in [0.3, 0.4) is 0 Å². The molecule has 0 saturated carbocycles. The van der Waals surface area contributed by atoms with Gasteiger partial charge in [0, 0.05) is 36.0 Å². The van der Waals surface area contributed by atoms with Crippen LogP contribution in [0.2, 0.25) is 0 Å². The Labute approximate surface area is 99.8 Å². The number of nitrogens with zero attached hydrogens (tertiary/aromatic N) is 2. The van der Waals surface area contributed by atoms with Gasteiger partial charge in [0.05, 0.1) is 0 Å². The first-order valence-electron chi connectivity index (χ1n) is 5.56. The Hall–Kier alpha value is -0.570. The molecule has 0 aromatic carbocycles. The Kier molecular flexibility index (Phi) is 3.62. The van der Waals surface area contributed by atoms with Crippen LogP contribution in [0, 0.1) is 5.92 Å². The molecule has 1 aromatic heterocycles. The van der Waals surface area contributed by atoms with E-state index in [-0.39, 0.29) is 0 Å². The number of alkyl halides is 1. The Balaban J connectivity index is 1.94. The Bertz CT molecular complexity index is 292. The molecule has 1 aliphatic heterocycles. The van der Waals surface area contributed by atoms with E-state index in [2.05, 4.69) is 44.9 Å². The van der Waals surface area contributed by atoms with Crippen molar-refractivity contribution in [2.45, 2.75) is 24.6 Å². The zero-order valence-corrected chi connectivity index (χ0v) is 10.7. The quantitative estimate of drug-likeness (QED) is 0.767. The first-order valence-corrected chi connectivity index (χ1v) is 6.48. The van der Waals surface area contributed by atoms with Crippen molar-refractivity contribution in [2.75, 3.05) is 18.0 Å². The molecular formula is C12H17BrN2. The van der Waals surface area contributed by atoms with Crippen LogP contribution in [0.1, 0.15) is 19.8 Å². The van der Waals surface area contributed by atoms with E-state index in [1.807, 2.05) is 12.4 Å². The summed E-state index contributed by atoms with van der Waals surface area (Å²) in [6.07, 6.45) is 6.31. The van der Waals surface area contributed by atoms with Gasteiger partial charge in [-0.05, 0) is 30.9 Å². The van der Waals surface area contributed by atoms with Crippen LogP contribution in [0.5, 0.6) is 0 Å². The monoisotopic (exact) mass is 268 g/mol. The van der Waals surface area contributed by atoms with E-state index < -0.39 is 0 Å². The molecular weight excluding hydrogens is 252 g/mol. The fourth-order valence-electron chi connectivity index (χ4n) is 2.17. The lowest BCUT2D eigenvalue weighted by Crippen LogP contribution is -2.35. The molecule has 2 nitrogen and oxygen atoms in total. The van der Waals surface area contributed by atoms with E-state index >= 15 is 0 Å². The van der Waals surface area contributed by atoms with Crippen LogP contribution in [-0.4, -0.2) is 22.9 Å². The summed E-state index contributed by atoms with van der Waals surface area (Å²) >= 11 is 3.68. The molecule has 0 bridgehead atoms. The summed E-state index contributed by atoms with van der Waals surface area (Å²) in [4.78, 5) is 7.15. The number of hydrogen-bond donors (Lipinski definition) is 0. The molecule has 2 heterocycles. The zero-order chi connectivity index (χ0) is 10.7. The average molecular weight is 269 g/mol. The number of hydrogen-bond acceptors (Lipinski definition) is 2. The molecule has 0 N–H and O–H groups in total. The summed E-state index contributed by atoms with van der Waals surface area (Å²) in [7, 11) is 0. The summed E-state index contributed by atoms with van der Waals surface area (Å²) < 4.78 is 0. The van der Waals surface area contributed by atoms with Crippen LogP contribution >= 0.6 is 15.9 Å². The molecule has 1 fully saturated rings. The second kappa shape index (κ2) is 4.97. The maximum Gasteiger partial charge on any atom is 0.0397 e. The van der Waals surface area contributed by atoms with Gasteiger partial charge in [-0.2, -0.15) is 0 Å². The number of anilines is 1. The number of rotatable bonds is 2. The molecule has 0 aliphatic carbocycles.